The summed E-state index contributed by atoms with van der Waals surface area (Å²) in [6, 6.07) is 0.762. The molecular weight excluding hydrogens is 254 g/mol. The summed E-state index contributed by atoms with van der Waals surface area (Å²) in [7, 11) is 0. The van der Waals surface area contributed by atoms with Gasteiger partial charge in [0.05, 0.1) is 5.92 Å². The summed E-state index contributed by atoms with van der Waals surface area (Å²) >= 11 is 0. The Bertz CT molecular complexity index is 393. The topological polar surface area (TPSA) is 52.7 Å². The average Bonchev–Trinajstić information content (AvgIpc) is 3.06. The van der Waals surface area contributed by atoms with E-state index in [4.69, 9.17) is 0 Å². The smallest absolute Gasteiger partial charge is 0.228 e. The van der Waals surface area contributed by atoms with Crippen molar-refractivity contribution in [1.82, 2.24) is 15.1 Å². The Morgan fingerprint density at radius 1 is 1.25 bits per heavy atom. The molecule has 5 heteroatoms. The van der Waals surface area contributed by atoms with E-state index in [2.05, 4.69) is 12.2 Å². The number of rotatable bonds is 2. The maximum Gasteiger partial charge on any atom is 0.228 e. The number of piperazine rings is 1. The highest BCUT2D eigenvalue weighted by molar-refractivity contribution is 5.89. The van der Waals surface area contributed by atoms with Crippen molar-refractivity contribution in [2.45, 2.75) is 51.1 Å². The Hall–Kier alpha value is -1.10. The number of carbonyl (C=O) groups is 2. The summed E-state index contributed by atoms with van der Waals surface area (Å²) in [4.78, 5) is 28.7. The van der Waals surface area contributed by atoms with E-state index in [-0.39, 0.29) is 17.7 Å². The van der Waals surface area contributed by atoms with Gasteiger partial charge in [0.1, 0.15) is 0 Å². The minimum absolute atomic E-state index is 0.103. The second kappa shape index (κ2) is 5.72. The normalized spacial score (nSPS) is 32.1. The molecule has 1 N–H and O–H groups in total. The van der Waals surface area contributed by atoms with Gasteiger partial charge in [-0.15, -0.1) is 0 Å². The van der Waals surface area contributed by atoms with Gasteiger partial charge in [-0.3, -0.25) is 9.59 Å². The highest BCUT2D eigenvalue weighted by atomic mass is 16.2. The Balaban J connectivity index is 1.60. The van der Waals surface area contributed by atoms with Crippen molar-refractivity contribution in [2.24, 2.45) is 5.92 Å². The van der Waals surface area contributed by atoms with Crippen LogP contribution in [-0.2, 0) is 9.59 Å². The van der Waals surface area contributed by atoms with Crippen LogP contribution in [0.25, 0.3) is 0 Å². The molecule has 0 aromatic carbocycles. The third-order valence-electron chi connectivity index (χ3n) is 4.95. The highest BCUT2D eigenvalue weighted by Crippen LogP contribution is 2.30. The lowest BCUT2D eigenvalue weighted by atomic mass is 10.1. The van der Waals surface area contributed by atoms with Crippen LogP contribution in [0.4, 0.5) is 0 Å². The van der Waals surface area contributed by atoms with Crippen LogP contribution >= 0.6 is 0 Å². The van der Waals surface area contributed by atoms with Crippen LogP contribution < -0.4 is 5.32 Å². The quantitative estimate of drug-likeness (QED) is 0.805. The van der Waals surface area contributed by atoms with Gasteiger partial charge in [-0.05, 0) is 19.8 Å². The van der Waals surface area contributed by atoms with Gasteiger partial charge in [-0.1, -0.05) is 12.8 Å². The Morgan fingerprint density at radius 3 is 2.70 bits per heavy atom. The van der Waals surface area contributed by atoms with Crippen LogP contribution in [0.3, 0.4) is 0 Å². The van der Waals surface area contributed by atoms with E-state index in [1.54, 1.807) is 0 Å². The van der Waals surface area contributed by atoms with E-state index in [1.807, 2.05) is 9.80 Å². The maximum absolute atomic E-state index is 12.6. The van der Waals surface area contributed by atoms with Gasteiger partial charge in [0, 0.05) is 44.7 Å². The fraction of sp³-hybridized carbons (Fsp3) is 0.867. The molecule has 0 aromatic heterocycles. The van der Waals surface area contributed by atoms with Crippen LogP contribution in [0.1, 0.15) is 39.0 Å². The van der Waals surface area contributed by atoms with Gasteiger partial charge in [0.25, 0.3) is 0 Å². The van der Waals surface area contributed by atoms with Crippen LogP contribution in [0.2, 0.25) is 0 Å². The minimum atomic E-state index is -0.103. The lowest BCUT2D eigenvalue weighted by molar-refractivity contribution is -0.136. The van der Waals surface area contributed by atoms with Crippen LogP contribution in [-0.4, -0.2) is 59.9 Å². The number of hydrogen-bond acceptors (Lipinski definition) is 3. The molecule has 3 aliphatic rings. The molecule has 2 amide bonds. The SMILES string of the molecule is CC1CN(C(=O)C2CC(=O)N(C3CCCC3)C2)CCN1. The lowest BCUT2D eigenvalue weighted by Crippen LogP contribution is -2.53. The van der Waals surface area contributed by atoms with Gasteiger partial charge in [-0.25, -0.2) is 0 Å². The third kappa shape index (κ3) is 2.68. The molecular formula is C15H25N3O2. The van der Waals surface area contributed by atoms with Crippen molar-refractivity contribution in [2.75, 3.05) is 26.2 Å². The monoisotopic (exact) mass is 279 g/mol. The first-order valence-electron chi connectivity index (χ1n) is 7.97. The molecule has 0 spiro atoms. The van der Waals surface area contributed by atoms with Crippen LogP contribution in [0.15, 0.2) is 0 Å². The van der Waals surface area contributed by atoms with Crippen LogP contribution in [0.5, 0.6) is 0 Å². The van der Waals surface area contributed by atoms with E-state index in [1.165, 1.54) is 12.8 Å². The molecule has 0 aromatic rings. The van der Waals surface area contributed by atoms with Gasteiger partial charge in [0.2, 0.25) is 11.8 Å². The Morgan fingerprint density at radius 2 is 2.00 bits per heavy atom. The van der Waals surface area contributed by atoms with Crippen molar-refractivity contribution in [3.8, 4) is 0 Å². The summed E-state index contributed by atoms with van der Waals surface area (Å²) in [5.74, 6) is 0.277. The fourth-order valence-electron chi connectivity index (χ4n) is 3.86. The van der Waals surface area contributed by atoms with Crippen molar-refractivity contribution >= 4 is 11.8 Å². The minimum Gasteiger partial charge on any atom is -0.340 e. The molecule has 112 valence electrons. The second-order valence-corrected chi connectivity index (χ2v) is 6.52. The molecule has 0 bridgehead atoms. The first-order valence-corrected chi connectivity index (χ1v) is 7.97. The van der Waals surface area contributed by atoms with Gasteiger partial charge in [0.15, 0.2) is 0 Å². The number of likely N-dealkylation sites (tertiary alicyclic amines) is 1. The van der Waals surface area contributed by atoms with E-state index in [0.717, 1.165) is 32.5 Å². The largest absolute Gasteiger partial charge is 0.340 e. The van der Waals surface area contributed by atoms with Gasteiger partial charge in [-0.2, -0.15) is 0 Å². The number of carbonyl (C=O) groups excluding carboxylic acids is 2. The van der Waals surface area contributed by atoms with Crippen molar-refractivity contribution in [3.63, 3.8) is 0 Å². The molecule has 1 saturated carbocycles. The highest BCUT2D eigenvalue weighted by Gasteiger charge is 2.40. The number of nitrogens with zero attached hydrogens (tertiary/aromatic N) is 2. The average molecular weight is 279 g/mol. The van der Waals surface area contributed by atoms with Crippen molar-refractivity contribution < 1.29 is 9.59 Å². The molecule has 0 radical (unpaired) electrons. The lowest BCUT2D eigenvalue weighted by Gasteiger charge is -2.33. The zero-order chi connectivity index (χ0) is 14.1. The number of nitrogens with one attached hydrogen (secondary N) is 1. The molecule has 20 heavy (non-hydrogen) atoms. The standard InChI is InChI=1S/C15H25N3O2/c1-11-9-17(7-6-16-11)15(20)12-8-14(19)18(10-12)13-4-2-3-5-13/h11-13,16H,2-10H2,1H3. The first kappa shape index (κ1) is 13.9. The summed E-state index contributed by atoms with van der Waals surface area (Å²) in [5, 5.41) is 3.35. The molecule has 2 atom stereocenters. The molecule has 3 rings (SSSR count). The third-order valence-corrected chi connectivity index (χ3v) is 4.95. The first-order chi connectivity index (χ1) is 9.65. The van der Waals surface area contributed by atoms with E-state index in [9.17, 15) is 9.59 Å². The van der Waals surface area contributed by atoms with E-state index >= 15 is 0 Å². The van der Waals surface area contributed by atoms with Crippen molar-refractivity contribution in [3.05, 3.63) is 0 Å². The zero-order valence-corrected chi connectivity index (χ0v) is 12.3. The molecule has 2 heterocycles. The van der Waals surface area contributed by atoms with Crippen molar-refractivity contribution in [1.29, 1.82) is 0 Å². The Labute approximate surface area is 120 Å². The van der Waals surface area contributed by atoms with Gasteiger partial charge >= 0.3 is 0 Å². The fourth-order valence-corrected chi connectivity index (χ4v) is 3.86. The molecule has 2 aliphatic heterocycles. The molecule has 3 fully saturated rings. The number of amides is 2. The van der Waals surface area contributed by atoms with Crippen LogP contribution in [0, 0.1) is 5.92 Å². The maximum atomic E-state index is 12.6. The summed E-state index contributed by atoms with van der Waals surface area (Å²) in [6.45, 7) is 5.16. The Kier molecular flexibility index (Phi) is 3.96. The molecule has 2 unspecified atom stereocenters. The summed E-state index contributed by atoms with van der Waals surface area (Å²) < 4.78 is 0. The van der Waals surface area contributed by atoms with E-state index in [0.29, 0.717) is 25.0 Å². The predicted molar refractivity (Wildman–Crippen MR) is 76.1 cm³/mol. The number of hydrogen-bond donors (Lipinski definition) is 1. The zero-order valence-electron chi connectivity index (χ0n) is 12.3. The predicted octanol–water partition coefficient (Wildman–Crippen LogP) is 0.598. The molecule has 1 aliphatic carbocycles. The molecule has 2 saturated heterocycles. The van der Waals surface area contributed by atoms with E-state index < -0.39 is 0 Å². The molecule has 5 nitrogen and oxygen atoms in total. The summed E-state index contributed by atoms with van der Waals surface area (Å²) in [5.41, 5.74) is 0. The van der Waals surface area contributed by atoms with Gasteiger partial charge < -0.3 is 15.1 Å². The second-order valence-electron chi connectivity index (χ2n) is 6.52. The summed E-state index contributed by atoms with van der Waals surface area (Å²) in [6.07, 6.45) is 5.12.